The highest BCUT2D eigenvalue weighted by Crippen LogP contribution is 2.35. The van der Waals surface area contributed by atoms with Gasteiger partial charge in [0.15, 0.2) is 0 Å². The molecular weight excluding hydrogens is 288 g/mol. The van der Waals surface area contributed by atoms with E-state index in [9.17, 15) is 8.42 Å². The van der Waals surface area contributed by atoms with Crippen molar-refractivity contribution in [2.45, 2.75) is 37.5 Å². The summed E-state index contributed by atoms with van der Waals surface area (Å²) in [5.74, 6) is 1.55. The molecular formula is C14H22N4O2S. The lowest BCUT2D eigenvalue weighted by Crippen LogP contribution is -2.35. The molecule has 7 heteroatoms. The average molecular weight is 310 g/mol. The molecule has 1 aromatic heterocycles. The maximum atomic E-state index is 12.8. The first-order valence-corrected chi connectivity index (χ1v) is 9.09. The standard InChI is InChI=1S/C14H22N4O2S/c1-2-15-14-16-7-13(8-17-14)21(19,20)18(9-11-3-4-11)10-12-5-6-12/h7-8,11-12H,2-6,9-10H2,1H3,(H,15,16,17). The van der Waals surface area contributed by atoms with Crippen LogP contribution in [0.25, 0.3) is 0 Å². The van der Waals surface area contributed by atoms with Crippen LogP contribution in [0.15, 0.2) is 17.3 Å². The van der Waals surface area contributed by atoms with Crippen LogP contribution in [0.3, 0.4) is 0 Å². The zero-order chi connectivity index (χ0) is 14.9. The minimum atomic E-state index is -3.46. The Kier molecular flexibility index (Phi) is 4.12. The number of nitrogens with one attached hydrogen (secondary N) is 1. The Balaban J connectivity index is 1.77. The Morgan fingerprint density at radius 1 is 1.14 bits per heavy atom. The smallest absolute Gasteiger partial charge is 0.246 e. The van der Waals surface area contributed by atoms with Crippen LogP contribution < -0.4 is 5.32 Å². The lowest BCUT2D eigenvalue weighted by Gasteiger charge is -2.21. The van der Waals surface area contributed by atoms with Gasteiger partial charge in [-0.2, -0.15) is 4.31 Å². The van der Waals surface area contributed by atoms with Crippen molar-refractivity contribution in [1.82, 2.24) is 14.3 Å². The summed E-state index contributed by atoms with van der Waals surface area (Å²) in [6.45, 7) is 3.95. The molecule has 1 N–H and O–H groups in total. The molecule has 0 spiro atoms. The summed E-state index contributed by atoms with van der Waals surface area (Å²) in [5, 5.41) is 2.97. The molecule has 2 aliphatic carbocycles. The molecule has 0 unspecified atom stereocenters. The van der Waals surface area contributed by atoms with Crippen molar-refractivity contribution in [2.24, 2.45) is 11.8 Å². The highest BCUT2D eigenvalue weighted by Gasteiger charge is 2.35. The van der Waals surface area contributed by atoms with Crippen molar-refractivity contribution >= 4 is 16.0 Å². The van der Waals surface area contributed by atoms with Gasteiger partial charge in [-0.05, 0) is 44.4 Å². The summed E-state index contributed by atoms with van der Waals surface area (Å²) in [7, 11) is -3.46. The molecule has 0 saturated heterocycles. The van der Waals surface area contributed by atoms with Gasteiger partial charge in [0.05, 0.1) is 12.4 Å². The van der Waals surface area contributed by atoms with Gasteiger partial charge < -0.3 is 5.32 Å². The first-order chi connectivity index (χ1) is 10.1. The molecule has 0 aromatic carbocycles. The Bertz CT molecular complexity index is 565. The van der Waals surface area contributed by atoms with Gasteiger partial charge in [-0.1, -0.05) is 0 Å². The molecule has 0 bridgehead atoms. The molecule has 116 valence electrons. The van der Waals surface area contributed by atoms with E-state index in [0.717, 1.165) is 25.7 Å². The fraction of sp³-hybridized carbons (Fsp3) is 0.714. The predicted molar refractivity (Wildman–Crippen MR) is 80.4 cm³/mol. The monoisotopic (exact) mass is 310 g/mol. The highest BCUT2D eigenvalue weighted by atomic mass is 32.2. The molecule has 2 fully saturated rings. The molecule has 3 rings (SSSR count). The van der Waals surface area contributed by atoms with Crippen molar-refractivity contribution in [3.63, 3.8) is 0 Å². The third kappa shape index (κ3) is 3.71. The molecule has 21 heavy (non-hydrogen) atoms. The van der Waals surface area contributed by atoms with Crippen molar-refractivity contribution in [2.75, 3.05) is 25.0 Å². The third-order valence-electron chi connectivity index (χ3n) is 3.92. The second-order valence-electron chi connectivity index (χ2n) is 5.98. The molecule has 1 aromatic rings. The van der Waals surface area contributed by atoms with Crippen LogP contribution in [0.1, 0.15) is 32.6 Å². The fourth-order valence-corrected chi connectivity index (χ4v) is 3.78. The van der Waals surface area contributed by atoms with E-state index < -0.39 is 10.0 Å². The van der Waals surface area contributed by atoms with Crippen molar-refractivity contribution in [1.29, 1.82) is 0 Å². The van der Waals surface area contributed by atoms with Gasteiger partial charge in [0.1, 0.15) is 4.90 Å². The van der Waals surface area contributed by atoms with E-state index >= 15 is 0 Å². The second kappa shape index (κ2) is 5.88. The van der Waals surface area contributed by atoms with Crippen LogP contribution in [-0.2, 0) is 10.0 Å². The summed E-state index contributed by atoms with van der Waals surface area (Å²) >= 11 is 0. The number of nitrogens with zero attached hydrogens (tertiary/aromatic N) is 3. The van der Waals surface area contributed by atoms with Gasteiger partial charge in [-0.15, -0.1) is 0 Å². The van der Waals surface area contributed by atoms with Crippen LogP contribution in [0.5, 0.6) is 0 Å². The van der Waals surface area contributed by atoms with Gasteiger partial charge in [0, 0.05) is 19.6 Å². The Morgan fingerprint density at radius 3 is 2.10 bits per heavy atom. The number of hydrogen-bond donors (Lipinski definition) is 1. The minimum Gasteiger partial charge on any atom is -0.355 e. The highest BCUT2D eigenvalue weighted by molar-refractivity contribution is 7.89. The second-order valence-corrected chi connectivity index (χ2v) is 7.92. The van der Waals surface area contributed by atoms with Gasteiger partial charge in [-0.3, -0.25) is 0 Å². The molecule has 1 heterocycles. The lowest BCUT2D eigenvalue weighted by molar-refractivity contribution is 0.382. The minimum absolute atomic E-state index is 0.199. The summed E-state index contributed by atoms with van der Waals surface area (Å²) in [6.07, 6.45) is 7.40. The van der Waals surface area contributed by atoms with E-state index in [2.05, 4.69) is 15.3 Å². The molecule has 0 aliphatic heterocycles. The largest absolute Gasteiger partial charge is 0.355 e. The van der Waals surface area contributed by atoms with E-state index in [0.29, 0.717) is 37.4 Å². The lowest BCUT2D eigenvalue weighted by atomic mass is 10.4. The Labute approximate surface area is 126 Å². The quantitative estimate of drug-likeness (QED) is 0.791. The van der Waals surface area contributed by atoms with E-state index in [-0.39, 0.29) is 4.90 Å². The molecule has 6 nitrogen and oxygen atoms in total. The average Bonchev–Trinajstić information content (AvgIpc) is 3.34. The van der Waals surface area contributed by atoms with Gasteiger partial charge in [0.2, 0.25) is 16.0 Å². The number of hydrogen-bond acceptors (Lipinski definition) is 5. The number of aromatic nitrogens is 2. The topological polar surface area (TPSA) is 75.2 Å². The molecule has 0 radical (unpaired) electrons. The zero-order valence-corrected chi connectivity index (χ0v) is 13.1. The number of anilines is 1. The maximum Gasteiger partial charge on any atom is 0.246 e. The van der Waals surface area contributed by atoms with Gasteiger partial charge >= 0.3 is 0 Å². The number of sulfonamides is 1. The molecule has 0 atom stereocenters. The zero-order valence-electron chi connectivity index (χ0n) is 12.3. The van der Waals surface area contributed by atoms with Gasteiger partial charge in [-0.25, -0.2) is 18.4 Å². The molecule has 2 aliphatic rings. The van der Waals surface area contributed by atoms with Crippen LogP contribution in [-0.4, -0.2) is 42.3 Å². The van der Waals surface area contributed by atoms with Crippen LogP contribution in [0.2, 0.25) is 0 Å². The summed E-state index contributed by atoms with van der Waals surface area (Å²) < 4.78 is 27.2. The van der Waals surface area contributed by atoms with Crippen molar-refractivity contribution in [3.05, 3.63) is 12.4 Å². The Hall–Kier alpha value is -1.21. The SMILES string of the molecule is CCNc1ncc(S(=O)(=O)N(CC2CC2)CC2CC2)cn1. The predicted octanol–water partition coefficient (Wildman–Crippen LogP) is 1.72. The maximum absolute atomic E-state index is 12.8. The van der Waals surface area contributed by atoms with Crippen LogP contribution in [0.4, 0.5) is 5.95 Å². The van der Waals surface area contributed by atoms with Crippen molar-refractivity contribution in [3.8, 4) is 0 Å². The van der Waals surface area contributed by atoms with E-state index in [4.69, 9.17) is 0 Å². The van der Waals surface area contributed by atoms with Gasteiger partial charge in [0.25, 0.3) is 0 Å². The number of rotatable bonds is 8. The summed E-state index contributed by atoms with van der Waals surface area (Å²) in [6, 6.07) is 0. The third-order valence-corrected chi connectivity index (χ3v) is 5.70. The normalized spacial score (nSPS) is 19.0. The van der Waals surface area contributed by atoms with E-state index in [1.807, 2.05) is 6.92 Å². The molecule has 0 amide bonds. The summed E-state index contributed by atoms with van der Waals surface area (Å²) in [4.78, 5) is 8.36. The fourth-order valence-electron chi connectivity index (χ4n) is 2.30. The van der Waals surface area contributed by atoms with Crippen LogP contribution in [0, 0.1) is 11.8 Å². The first-order valence-electron chi connectivity index (χ1n) is 7.65. The first kappa shape index (κ1) is 14.7. The molecule has 2 saturated carbocycles. The van der Waals surface area contributed by atoms with Crippen LogP contribution >= 0.6 is 0 Å². The Morgan fingerprint density at radius 2 is 1.67 bits per heavy atom. The van der Waals surface area contributed by atoms with E-state index in [1.165, 1.54) is 12.4 Å². The summed E-state index contributed by atoms with van der Waals surface area (Å²) in [5.41, 5.74) is 0. The van der Waals surface area contributed by atoms with Crippen molar-refractivity contribution < 1.29 is 8.42 Å². The van der Waals surface area contributed by atoms with E-state index in [1.54, 1.807) is 4.31 Å².